The van der Waals surface area contributed by atoms with Crippen LogP contribution in [0.1, 0.15) is 36.2 Å². The lowest BCUT2D eigenvalue weighted by Crippen LogP contribution is -2.46. The Kier molecular flexibility index (Phi) is 7.82. The highest BCUT2D eigenvalue weighted by Crippen LogP contribution is 2.20. The Labute approximate surface area is 190 Å². The molecule has 2 saturated heterocycles. The third-order valence-electron chi connectivity index (χ3n) is 6.58. The smallest absolute Gasteiger partial charge is 0.289 e. The second-order valence-electron chi connectivity index (χ2n) is 8.71. The minimum Gasteiger partial charge on any atom is -0.459 e. The molecule has 0 spiro atoms. The summed E-state index contributed by atoms with van der Waals surface area (Å²) < 4.78 is 5.19. The summed E-state index contributed by atoms with van der Waals surface area (Å²) >= 11 is 0. The molecule has 1 aromatic carbocycles. The van der Waals surface area contributed by atoms with Crippen molar-refractivity contribution in [1.29, 1.82) is 0 Å². The van der Waals surface area contributed by atoms with E-state index in [-0.39, 0.29) is 17.7 Å². The molecule has 0 aliphatic carbocycles. The molecule has 0 atom stereocenters. The molecule has 1 N–H and O–H groups in total. The Balaban J connectivity index is 1.06. The number of hydrogen-bond donors (Lipinski definition) is 1. The van der Waals surface area contributed by atoms with E-state index in [1.165, 1.54) is 12.0 Å². The van der Waals surface area contributed by atoms with Gasteiger partial charge in [-0.3, -0.25) is 14.5 Å². The van der Waals surface area contributed by atoms with Gasteiger partial charge >= 0.3 is 0 Å². The largest absolute Gasteiger partial charge is 0.459 e. The molecule has 0 saturated carbocycles. The average molecular weight is 439 g/mol. The fraction of sp³-hybridized carbons (Fsp3) is 0.520. The number of unbranched alkanes of at least 4 members (excludes halogenated alkanes) is 1. The SMILES string of the molecule is O=C(NCCCCN1CCN(c2ccccc2)CC1)C1CCN(C(=O)c2ccco2)CC1. The van der Waals surface area contributed by atoms with Gasteiger partial charge in [-0.25, -0.2) is 0 Å². The van der Waals surface area contributed by atoms with Gasteiger partial charge < -0.3 is 19.5 Å². The maximum Gasteiger partial charge on any atom is 0.289 e. The zero-order chi connectivity index (χ0) is 22.2. The number of furan rings is 1. The number of likely N-dealkylation sites (tertiary alicyclic amines) is 1. The molecule has 0 radical (unpaired) electrons. The van der Waals surface area contributed by atoms with Crippen molar-refractivity contribution in [2.24, 2.45) is 5.92 Å². The van der Waals surface area contributed by atoms with Crippen LogP contribution in [0.15, 0.2) is 53.1 Å². The standard InChI is InChI=1S/C25H34N4O3/c30-24(21-10-14-29(15-11-21)25(31)23-9-6-20-32-23)26-12-4-5-13-27-16-18-28(19-17-27)22-7-2-1-3-8-22/h1-3,6-9,20-21H,4-5,10-19H2,(H,26,30). The van der Waals surface area contributed by atoms with Crippen molar-refractivity contribution in [3.63, 3.8) is 0 Å². The minimum atomic E-state index is -0.0848. The first kappa shape index (κ1) is 22.4. The number of nitrogens with one attached hydrogen (secondary N) is 1. The summed E-state index contributed by atoms with van der Waals surface area (Å²) in [5.74, 6) is 0.418. The highest BCUT2D eigenvalue weighted by molar-refractivity contribution is 5.91. The number of carbonyl (C=O) groups is 2. The molecule has 2 aromatic rings. The number of nitrogens with zero attached hydrogens (tertiary/aromatic N) is 3. The Bertz CT molecular complexity index is 839. The van der Waals surface area contributed by atoms with Crippen molar-refractivity contribution in [2.45, 2.75) is 25.7 Å². The topological polar surface area (TPSA) is 69.0 Å². The lowest BCUT2D eigenvalue weighted by atomic mass is 9.95. The molecule has 0 bridgehead atoms. The van der Waals surface area contributed by atoms with E-state index in [9.17, 15) is 9.59 Å². The van der Waals surface area contributed by atoms with Gasteiger partial charge in [0.2, 0.25) is 5.91 Å². The summed E-state index contributed by atoms with van der Waals surface area (Å²) in [4.78, 5) is 31.6. The fourth-order valence-corrected chi connectivity index (χ4v) is 4.59. The molecule has 2 aliphatic rings. The Morgan fingerprint density at radius 2 is 1.66 bits per heavy atom. The van der Waals surface area contributed by atoms with Crippen LogP contribution in [0.25, 0.3) is 0 Å². The summed E-state index contributed by atoms with van der Waals surface area (Å²) in [7, 11) is 0. The van der Waals surface area contributed by atoms with Crippen molar-refractivity contribution < 1.29 is 14.0 Å². The van der Waals surface area contributed by atoms with Crippen LogP contribution in [0, 0.1) is 5.92 Å². The highest BCUT2D eigenvalue weighted by Gasteiger charge is 2.28. The molecule has 1 aromatic heterocycles. The number of carbonyl (C=O) groups excluding carboxylic acids is 2. The van der Waals surface area contributed by atoms with Gasteiger partial charge in [0.1, 0.15) is 0 Å². The normalized spacial score (nSPS) is 18.0. The van der Waals surface area contributed by atoms with Crippen molar-refractivity contribution in [3.8, 4) is 0 Å². The van der Waals surface area contributed by atoms with Crippen molar-refractivity contribution in [1.82, 2.24) is 15.1 Å². The third kappa shape index (κ3) is 5.91. The maximum atomic E-state index is 12.5. The van der Waals surface area contributed by atoms with Crippen LogP contribution in [-0.4, -0.2) is 74.0 Å². The van der Waals surface area contributed by atoms with Crippen LogP contribution in [0.4, 0.5) is 5.69 Å². The highest BCUT2D eigenvalue weighted by atomic mass is 16.3. The van der Waals surface area contributed by atoms with Crippen LogP contribution in [0.2, 0.25) is 0 Å². The monoisotopic (exact) mass is 438 g/mol. The number of piperidine rings is 1. The first-order valence-corrected chi connectivity index (χ1v) is 11.8. The van der Waals surface area contributed by atoms with Gasteiger partial charge in [0.25, 0.3) is 5.91 Å². The van der Waals surface area contributed by atoms with Crippen LogP contribution in [0.5, 0.6) is 0 Å². The predicted molar refractivity (Wildman–Crippen MR) is 125 cm³/mol. The van der Waals surface area contributed by atoms with E-state index in [1.807, 2.05) is 0 Å². The van der Waals surface area contributed by atoms with Gasteiger partial charge in [-0.05, 0) is 56.5 Å². The van der Waals surface area contributed by atoms with Crippen molar-refractivity contribution in [2.75, 3.05) is 57.3 Å². The molecule has 2 aliphatic heterocycles. The van der Waals surface area contributed by atoms with E-state index in [0.717, 1.165) is 52.1 Å². The number of amides is 2. The maximum absolute atomic E-state index is 12.5. The molecular weight excluding hydrogens is 404 g/mol. The molecule has 2 fully saturated rings. The molecule has 7 nitrogen and oxygen atoms in total. The molecule has 172 valence electrons. The molecule has 2 amide bonds. The second kappa shape index (κ2) is 11.2. The van der Waals surface area contributed by atoms with Gasteiger partial charge in [0.15, 0.2) is 5.76 Å². The molecule has 3 heterocycles. The van der Waals surface area contributed by atoms with Gasteiger partial charge in [-0.1, -0.05) is 18.2 Å². The van der Waals surface area contributed by atoms with Gasteiger partial charge in [-0.2, -0.15) is 0 Å². The first-order chi connectivity index (χ1) is 15.7. The van der Waals surface area contributed by atoms with Gasteiger partial charge in [-0.15, -0.1) is 0 Å². The molecule has 32 heavy (non-hydrogen) atoms. The third-order valence-corrected chi connectivity index (χ3v) is 6.58. The van der Waals surface area contributed by atoms with E-state index >= 15 is 0 Å². The van der Waals surface area contributed by atoms with Gasteiger partial charge in [0.05, 0.1) is 6.26 Å². The fourth-order valence-electron chi connectivity index (χ4n) is 4.59. The van der Waals surface area contributed by atoms with Crippen LogP contribution in [-0.2, 0) is 4.79 Å². The quantitative estimate of drug-likeness (QED) is 0.642. The number of anilines is 1. The number of para-hydroxylation sites is 1. The lowest BCUT2D eigenvalue weighted by molar-refractivity contribution is -0.126. The summed E-state index contributed by atoms with van der Waals surface area (Å²) in [6.07, 6.45) is 5.04. The molecule has 0 unspecified atom stereocenters. The minimum absolute atomic E-state index is 0.00159. The van der Waals surface area contributed by atoms with Crippen LogP contribution in [0.3, 0.4) is 0 Å². The van der Waals surface area contributed by atoms with E-state index < -0.39 is 0 Å². The van der Waals surface area contributed by atoms with E-state index in [1.54, 1.807) is 17.0 Å². The van der Waals surface area contributed by atoms with Crippen LogP contribution >= 0.6 is 0 Å². The van der Waals surface area contributed by atoms with E-state index in [2.05, 4.69) is 45.4 Å². The summed E-state index contributed by atoms with van der Waals surface area (Å²) in [6.45, 7) is 7.36. The average Bonchev–Trinajstić information content (AvgIpc) is 3.39. The predicted octanol–water partition coefficient (Wildman–Crippen LogP) is 2.85. The zero-order valence-corrected chi connectivity index (χ0v) is 18.7. The Morgan fingerprint density at radius 1 is 0.906 bits per heavy atom. The summed E-state index contributed by atoms with van der Waals surface area (Å²) in [6, 6.07) is 14.0. The number of benzene rings is 1. The van der Waals surface area contributed by atoms with Crippen molar-refractivity contribution in [3.05, 3.63) is 54.5 Å². The second-order valence-corrected chi connectivity index (χ2v) is 8.71. The zero-order valence-electron chi connectivity index (χ0n) is 18.7. The van der Waals surface area contributed by atoms with E-state index in [0.29, 0.717) is 31.7 Å². The Hall–Kier alpha value is -2.80. The molecule has 4 rings (SSSR count). The number of piperazine rings is 1. The lowest BCUT2D eigenvalue weighted by Gasteiger charge is -2.36. The summed E-state index contributed by atoms with van der Waals surface area (Å²) in [5, 5.41) is 3.10. The van der Waals surface area contributed by atoms with Crippen molar-refractivity contribution >= 4 is 17.5 Å². The van der Waals surface area contributed by atoms with Crippen LogP contribution < -0.4 is 10.2 Å². The number of rotatable bonds is 8. The van der Waals surface area contributed by atoms with E-state index in [4.69, 9.17) is 4.42 Å². The number of hydrogen-bond acceptors (Lipinski definition) is 5. The van der Waals surface area contributed by atoms with Gasteiger partial charge in [0, 0.05) is 57.4 Å². The first-order valence-electron chi connectivity index (χ1n) is 11.8. The molecule has 7 heteroatoms. The summed E-state index contributed by atoms with van der Waals surface area (Å²) in [5.41, 5.74) is 1.31. The molecular formula is C25H34N4O3. The Morgan fingerprint density at radius 3 is 2.34 bits per heavy atom.